The predicted molar refractivity (Wildman–Crippen MR) is 92.5 cm³/mol. The second-order valence-corrected chi connectivity index (χ2v) is 6.21. The van der Waals surface area contributed by atoms with Crippen molar-refractivity contribution in [1.82, 2.24) is 4.90 Å². The Morgan fingerprint density at radius 3 is 2.76 bits per heavy atom. The monoisotopic (exact) mass is 350 g/mol. The lowest BCUT2D eigenvalue weighted by molar-refractivity contribution is 0.00842. The number of methoxy groups -OCH3 is 1. The fourth-order valence-corrected chi connectivity index (χ4v) is 3.14. The number of rotatable bonds is 6. The summed E-state index contributed by atoms with van der Waals surface area (Å²) in [7, 11) is 1.56. The van der Waals surface area contributed by atoms with Crippen molar-refractivity contribution in [2.75, 3.05) is 46.6 Å². The molecule has 2 N–H and O–H groups in total. The summed E-state index contributed by atoms with van der Waals surface area (Å²) in [4.78, 5) is 14.7. The molecule has 0 aromatic heterocycles. The van der Waals surface area contributed by atoms with Gasteiger partial charge < -0.3 is 29.6 Å². The molecule has 1 amide bonds. The average Bonchev–Trinajstić information content (AvgIpc) is 2.67. The van der Waals surface area contributed by atoms with Crippen molar-refractivity contribution in [3.63, 3.8) is 0 Å². The molecular weight excluding hydrogens is 324 g/mol. The van der Waals surface area contributed by atoms with Crippen molar-refractivity contribution in [2.24, 2.45) is 5.73 Å². The number of nitrogens with two attached hydrogens (primary N) is 1. The Morgan fingerprint density at radius 1 is 1.28 bits per heavy atom. The van der Waals surface area contributed by atoms with E-state index in [9.17, 15) is 4.79 Å². The van der Waals surface area contributed by atoms with Crippen molar-refractivity contribution in [2.45, 2.75) is 25.4 Å². The maximum atomic E-state index is 12.8. The highest BCUT2D eigenvalue weighted by atomic mass is 16.6. The molecule has 0 saturated carbocycles. The highest BCUT2D eigenvalue weighted by Gasteiger charge is 2.27. The van der Waals surface area contributed by atoms with Gasteiger partial charge in [0.05, 0.1) is 13.2 Å². The van der Waals surface area contributed by atoms with Crippen LogP contribution in [-0.2, 0) is 4.74 Å². The number of carbonyl (C=O) groups excluding carboxylic acids is 1. The van der Waals surface area contributed by atoms with Crippen LogP contribution in [0.5, 0.6) is 17.2 Å². The van der Waals surface area contributed by atoms with E-state index < -0.39 is 0 Å². The Hall–Kier alpha value is -1.99. The van der Waals surface area contributed by atoms with E-state index in [0.717, 1.165) is 19.3 Å². The Kier molecular flexibility index (Phi) is 5.99. The summed E-state index contributed by atoms with van der Waals surface area (Å²) >= 11 is 0. The molecule has 7 nitrogen and oxygen atoms in total. The fraction of sp³-hybridized carbons (Fsp3) is 0.611. The molecule has 0 atom stereocenters. The molecule has 3 rings (SSSR count). The van der Waals surface area contributed by atoms with E-state index >= 15 is 0 Å². The van der Waals surface area contributed by atoms with Gasteiger partial charge in [-0.05, 0) is 37.9 Å². The Labute approximate surface area is 148 Å². The smallest absolute Gasteiger partial charge is 0.254 e. The number of amides is 1. The number of benzene rings is 1. The number of nitrogens with zero attached hydrogens (tertiary/aromatic N) is 1. The van der Waals surface area contributed by atoms with Crippen LogP contribution in [0.1, 0.15) is 29.6 Å². The highest BCUT2D eigenvalue weighted by Crippen LogP contribution is 2.40. The van der Waals surface area contributed by atoms with Crippen LogP contribution in [-0.4, -0.2) is 63.5 Å². The molecule has 0 aliphatic carbocycles. The van der Waals surface area contributed by atoms with Gasteiger partial charge in [-0.25, -0.2) is 0 Å². The summed E-state index contributed by atoms with van der Waals surface area (Å²) in [5, 5.41) is 0. The number of piperidine rings is 1. The van der Waals surface area contributed by atoms with Crippen LogP contribution >= 0.6 is 0 Å². The lowest BCUT2D eigenvalue weighted by Crippen LogP contribution is -2.41. The van der Waals surface area contributed by atoms with Crippen LogP contribution in [0.15, 0.2) is 12.1 Å². The molecule has 0 unspecified atom stereocenters. The fourth-order valence-electron chi connectivity index (χ4n) is 3.14. The minimum Gasteiger partial charge on any atom is -0.493 e. The summed E-state index contributed by atoms with van der Waals surface area (Å²) in [5.41, 5.74) is 6.04. The van der Waals surface area contributed by atoms with E-state index in [2.05, 4.69) is 0 Å². The molecule has 0 spiro atoms. The van der Waals surface area contributed by atoms with E-state index in [0.29, 0.717) is 62.3 Å². The largest absolute Gasteiger partial charge is 0.493 e. The van der Waals surface area contributed by atoms with Crippen molar-refractivity contribution in [1.29, 1.82) is 0 Å². The van der Waals surface area contributed by atoms with Gasteiger partial charge in [0.15, 0.2) is 11.5 Å². The number of hydrogen-bond donors (Lipinski definition) is 1. The lowest BCUT2D eigenvalue weighted by atomic mass is 10.1. The third kappa shape index (κ3) is 4.16. The molecule has 0 bridgehead atoms. The van der Waals surface area contributed by atoms with Crippen LogP contribution in [0.25, 0.3) is 0 Å². The number of hydrogen-bond acceptors (Lipinski definition) is 6. The van der Waals surface area contributed by atoms with Gasteiger partial charge in [0.1, 0.15) is 13.2 Å². The number of likely N-dealkylation sites (tertiary alicyclic amines) is 1. The van der Waals surface area contributed by atoms with E-state index in [1.54, 1.807) is 19.2 Å². The Balaban J connectivity index is 1.64. The summed E-state index contributed by atoms with van der Waals surface area (Å²) < 4.78 is 22.3. The van der Waals surface area contributed by atoms with Crippen molar-refractivity contribution in [3.05, 3.63) is 17.7 Å². The van der Waals surface area contributed by atoms with E-state index in [-0.39, 0.29) is 12.0 Å². The van der Waals surface area contributed by atoms with Crippen LogP contribution in [0, 0.1) is 0 Å². The Morgan fingerprint density at radius 2 is 2.04 bits per heavy atom. The van der Waals surface area contributed by atoms with Crippen LogP contribution in [0.2, 0.25) is 0 Å². The zero-order chi connectivity index (χ0) is 17.6. The molecule has 2 aliphatic heterocycles. The molecule has 2 heterocycles. The second-order valence-electron chi connectivity index (χ2n) is 6.21. The SMILES string of the molecule is COc1cc(C(=O)N2CCC(OCCCN)CC2)cc2c1OCCO2. The molecule has 1 fully saturated rings. The van der Waals surface area contributed by atoms with Gasteiger partial charge in [0.2, 0.25) is 5.75 Å². The second kappa shape index (κ2) is 8.40. The number of ether oxygens (including phenoxy) is 4. The minimum absolute atomic E-state index is 0.0179. The zero-order valence-electron chi connectivity index (χ0n) is 14.7. The predicted octanol–water partition coefficient (Wildman–Crippen LogP) is 1.44. The maximum absolute atomic E-state index is 12.8. The van der Waals surface area contributed by atoms with Crippen molar-refractivity contribution >= 4 is 5.91 Å². The van der Waals surface area contributed by atoms with Crippen LogP contribution in [0.4, 0.5) is 0 Å². The van der Waals surface area contributed by atoms with Gasteiger partial charge in [0, 0.05) is 25.3 Å². The number of fused-ring (bicyclic) bond motifs is 1. The Bertz CT molecular complexity index is 582. The molecule has 2 aliphatic rings. The van der Waals surface area contributed by atoms with Gasteiger partial charge in [-0.15, -0.1) is 0 Å². The van der Waals surface area contributed by atoms with Crippen LogP contribution in [0.3, 0.4) is 0 Å². The number of carbonyl (C=O) groups is 1. The quantitative estimate of drug-likeness (QED) is 0.782. The van der Waals surface area contributed by atoms with Gasteiger partial charge in [0.25, 0.3) is 5.91 Å². The molecular formula is C18H26N2O5. The topological polar surface area (TPSA) is 83.2 Å². The first-order valence-corrected chi connectivity index (χ1v) is 8.81. The summed E-state index contributed by atoms with van der Waals surface area (Å²) in [6.45, 7) is 3.65. The van der Waals surface area contributed by atoms with E-state index in [4.69, 9.17) is 24.7 Å². The molecule has 0 radical (unpaired) electrons. The maximum Gasteiger partial charge on any atom is 0.254 e. The molecule has 7 heteroatoms. The molecule has 1 aromatic carbocycles. The molecule has 25 heavy (non-hydrogen) atoms. The zero-order valence-corrected chi connectivity index (χ0v) is 14.7. The normalized spacial score (nSPS) is 17.4. The minimum atomic E-state index is -0.0179. The van der Waals surface area contributed by atoms with Gasteiger partial charge in [-0.3, -0.25) is 4.79 Å². The molecule has 138 valence electrons. The summed E-state index contributed by atoms with van der Waals surface area (Å²) in [6, 6.07) is 3.46. The third-order valence-corrected chi connectivity index (χ3v) is 4.51. The standard InChI is InChI=1S/C18H26N2O5/c1-22-15-11-13(12-16-17(15)25-10-9-24-16)18(21)20-6-3-14(4-7-20)23-8-2-5-19/h11-12,14H,2-10,19H2,1H3. The average molecular weight is 350 g/mol. The van der Waals surface area contributed by atoms with E-state index in [1.807, 2.05) is 4.90 Å². The van der Waals surface area contributed by atoms with Gasteiger partial charge in [-0.2, -0.15) is 0 Å². The van der Waals surface area contributed by atoms with Crippen molar-refractivity contribution < 1.29 is 23.7 Å². The van der Waals surface area contributed by atoms with Gasteiger partial charge >= 0.3 is 0 Å². The molecule has 1 aromatic rings. The first-order chi connectivity index (χ1) is 12.2. The molecule has 1 saturated heterocycles. The summed E-state index contributed by atoms with van der Waals surface area (Å²) in [5.74, 6) is 1.64. The van der Waals surface area contributed by atoms with E-state index in [1.165, 1.54) is 0 Å². The highest BCUT2D eigenvalue weighted by molar-refractivity contribution is 5.95. The summed E-state index contributed by atoms with van der Waals surface area (Å²) in [6.07, 6.45) is 2.77. The van der Waals surface area contributed by atoms with Crippen LogP contribution < -0.4 is 19.9 Å². The first kappa shape index (κ1) is 17.8. The third-order valence-electron chi connectivity index (χ3n) is 4.51. The lowest BCUT2D eigenvalue weighted by Gasteiger charge is -2.32. The van der Waals surface area contributed by atoms with Gasteiger partial charge in [-0.1, -0.05) is 0 Å². The first-order valence-electron chi connectivity index (χ1n) is 8.81. The van der Waals surface area contributed by atoms with Crippen molar-refractivity contribution in [3.8, 4) is 17.2 Å².